The van der Waals surface area contributed by atoms with Crippen LogP contribution in [0.1, 0.15) is 23.6 Å². The maximum Gasteiger partial charge on any atom is 0.143 e. The molecule has 12 rings (SSSR count). The van der Waals surface area contributed by atoms with Crippen molar-refractivity contribution in [3.8, 4) is 22.3 Å². The Balaban J connectivity index is 1.04. The molecule has 1 aliphatic carbocycles. The molecule has 1 aliphatic rings. The number of nitrogens with zero attached hydrogens (tertiary/aromatic N) is 1. The van der Waals surface area contributed by atoms with Crippen molar-refractivity contribution in [1.29, 1.82) is 0 Å². The van der Waals surface area contributed by atoms with E-state index >= 15 is 0 Å². The average molecular weight is 730 g/mol. The van der Waals surface area contributed by atoms with E-state index in [1.54, 1.807) is 0 Å². The van der Waals surface area contributed by atoms with Crippen LogP contribution in [0.3, 0.4) is 0 Å². The van der Waals surface area contributed by atoms with Crippen molar-refractivity contribution in [2.45, 2.75) is 12.3 Å². The van der Waals surface area contributed by atoms with E-state index in [1.165, 1.54) is 38.9 Å². The fraction of sp³-hybridized carbons (Fsp3) is 0.0370. The van der Waals surface area contributed by atoms with Gasteiger partial charge in [-0.05, 0) is 113 Å². The minimum absolute atomic E-state index is 0.318. The van der Waals surface area contributed by atoms with Crippen molar-refractivity contribution in [2.24, 2.45) is 0 Å². The largest absolute Gasteiger partial charge is 0.455 e. The molecular formula is C54H35NO2. The highest BCUT2D eigenvalue weighted by atomic mass is 16.3. The van der Waals surface area contributed by atoms with Gasteiger partial charge in [0.25, 0.3) is 0 Å². The Labute approximate surface area is 329 Å². The molecule has 0 amide bonds. The lowest BCUT2D eigenvalue weighted by atomic mass is 9.74. The molecule has 0 saturated carbocycles. The number of benzene rings is 9. The van der Waals surface area contributed by atoms with Gasteiger partial charge in [-0.25, -0.2) is 0 Å². The molecule has 2 heterocycles. The Morgan fingerprint density at radius 2 is 0.877 bits per heavy atom. The van der Waals surface area contributed by atoms with Gasteiger partial charge < -0.3 is 13.7 Å². The summed E-state index contributed by atoms with van der Waals surface area (Å²) in [5.74, 6) is 0. The molecule has 0 aliphatic heterocycles. The number of rotatable bonds is 5. The van der Waals surface area contributed by atoms with Crippen molar-refractivity contribution in [3.63, 3.8) is 0 Å². The molecular weight excluding hydrogens is 695 g/mol. The molecule has 0 bridgehead atoms. The summed E-state index contributed by atoms with van der Waals surface area (Å²) in [4.78, 5) is 2.36. The summed E-state index contributed by atoms with van der Waals surface area (Å²) in [5.41, 5.74) is 15.2. The number of furan rings is 2. The van der Waals surface area contributed by atoms with Crippen LogP contribution in [0.25, 0.3) is 76.9 Å². The maximum absolute atomic E-state index is 6.86. The van der Waals surface area contributed by atoms with E-state index in [0.717, 1.165) is 71.7 Å². The second kappa shape index (κ2) is 12.1. The molecule has 3 heteroatoms. The first kappa shape index (κ1) is 31.9. The number of fused-ring (bicyclic) bond motifs is 12. The van der Waals surface area contributed by atoms with Crippen LogP contribution < -0.4 is 4.90 Å². The van der Waals surface area contributed by atoms with E-state index in [0.29, 0.717) is 0 Å². The molecule has 268 valence electrons. The molecule has 3 nitrogen and oxygen atoms in total. The molecule has 0 atom stereocenters. The van der Waals surface area contributed by atoms with Crippen LogP contribution in [0.5, 0.6) is 0 Å². The zero-order chi connectivity index (χ0) is 37.7. The number of anilines is 3. The predicted molar refractivity (Wildman–Crippen MR) is 236 cm³/mol. The fourth-order valence-corrected chi connectivity index (χ4v) is 9.55. The zero-order valence-electron chi connectivity index (χ0n) is 31.2. The third kappa shape index (κ3) is 4.66. The predicted octanol–water partition coefficient (Wildman–Crippen LogP) is 15.1. The third-order valence-corrected chi connectivity index (χ3v) is 12.4. The zero-order valence-corrected chi connectivity index (χ0v) is 31.2. The Morgan fingerprint density at radius 3 is 1.58 bits per heavy atom. The lowest BCUT2D eigenvalue weighted by Crippen LogP contribution is -2.23. The van der Waals surface area contributed by atoms with Crippen LogP contribution in [0.15, 0.2) is 203 Å². The Bertz CT molecular complexity index is 3320. The van der Waals surface area contributed by atoms with Crippen molar-refractivity contribution in [1.82, 2.24) is 0 Å². The summed E-state index contributed by atoms with van der Waals surface area (Å²) in [6.07, 6.45) is 0. The second-order valence-corrected chi connectivity index (χ2v) is 15.4. The van der Waals surface area contributed by atoms with Crippen molar-refractivity contribution >= 4 is 71.7 Å². The second-order valence-electron chi connectivity index (χ2n) is 15.4. The summed E-state index contributed by atoms with van der Waals surface area (Å²) in [6.45, 7) is 2.37. The lowest BCUT2D eigenvalue weighted by molar-refractivity contribution is 0.669. The lowest BCUT2D eigenvalue weighted by Gasteiger charge is -2.31. The highest BCUT2D eigenvalue weighted by Crippen LogP contribution is 2.53. The van der Waals surface area contributed by atoms with Gasteiger partial charge in [0, 0.05) is 60.9 Å². The summed E-state index contributed by atoms with van der Waals surface area (Å²) in [6, 6.07) is 69.8. The number of hydrogen-bond acceptors (Lipinski definition) is 3. The molecule has 0 radical (unpaired) electrons. The highest BCUT2D eigenvalue weighted by Gasteiger charge is 2.40. The first-order valence-electron chi connectivity index (χ1n) is 19.6. The quantitative estimate of drug-likeness (QED) is 0.177. The monoisotopic (exact) mass is 729 g/mol. The standard InChI is InChI=1S/C54H35NO2/c1-54(48-19-8-5-16-40(48)41-17-6-9-20-49(41)54)36-14-11-15-38(32-36)55(37-24-22-35(23-25-37)34-12-3-2-4-13-34)39-26-27-43-45-29-31-46-47(53(45)57-51(43)33-39)30-28-44-42-18-7-10-21-50(42)56-52(44)46/h2-33H,1H3. The fourth-order valence-electron chi connectivity index (χ4n) is 9.55. The summed E-state index contributed by atoms with van der Waals surface area (Å²) < 4.78 is 13.3. The van der Waals surface area contributed by atoms with Crippen LogP contribution in [-0.2, 0) is 5.41 Å². The van der Waals surface area contributed by atoms with Crippen LogP contribution in [0.2, 0.25) is 0 Å². The molecule has 11 aromatic rings. The SMILES string of the molecule is CC1(c2cccc(N(c3ccc(-c4ccccc4)cc3)c3ccc4c(c3)oc3c4ccc4c3ccc3c5ccccc5oc34)c2)c2ccccc2-c2ccccc21. The van der Waals surface area contributed by atoms with E-state index in [2.05, 4.69) is 194 Å². The van der Waals surface area contributed by atoms with Crippen LogP contribution in [0, 0.1) is 0 Å². The van der Waals surface area contributed by atoms with Gasteiger partial charge >= 0.3 is 0 Å². The Morgan fingerprint density at radius 1 is 0.368 bits per heavy atom. The van der Waals surface area contributed by atoms with E-state index in [1.807, 2.05) is 12.1 Å². The Hall–Kier alpha value is -7.36. The van der Waals surface area contributed by atoms with Crippen molar-refractivity contribution in [2.75, 3.05) is 4.90 Å². The maximum atomic E-state index is 6.86. The Kier molecular flexibility index (Phi) is 6.76. The summed E-state index contributed by atoms with van der Waals surface area (Å²) in [7, 11) is 0. The number of para-hydroxylation sites is 1. The van der Waals surface area contributed by atoms with E-state index in [4.69, 9.17) is 8.83 Å². The van der Waals surface area contributed by atoms with Gasteiger partial charge in [0.1, 0.15) is 22.3 Å². The van der Waals surface area contributed by atoms with E-state index in [9.17, 15) is 0 Å². The first-order valence-corrected chi connectivity index (χ1v) is 19.6. The third-order valence-electron chi connectivity index (χ3n) is 12.4. The minimum Gasteiger partial charge on any atom is -0.455 e. The van der Waals surface area contributed by atoms with E-state index < -0.39 is 0 Å². The normalized spacial score (nSPS) is 13.1. The van der Waals surface area contributed by atoms with Gasteiger partial charge in [0.2, 0.25) is 0 Å². The topological polar surface area (TPSA) is 29.5 Å². The summed E-state index contributed by atoms with van der Waals surface area (Å²) in [5, 5.41) is 6.51. The van der Waals surface area contributed by atoms with E-state index in [-0.39, 0.29) is 5.41 Å². The van der Waals surface area contributed by atoms with Gasteiger partial charge in [-0.15, -0.1) is 0 Å². The van der Waals surface area contributed by atoms with Gasteiger partial charge in [-0.3, -0.25) is 0 Å². The molecule has 57 heavy (non-hydrogen) atoms. The minimum atomic E-state index is -0.318. The van der Waals surface area contributed by atoms with Crippen LogP contribution in [-0.4, -0.2) is 0 Å². The van der Waals surface area contributed by atoms with Gasteiger partial charge in [-0.2, -0.15) is 0 Å². The number of hydrogen-bond donors (Lipinski definition) is 0. The first-order chi connectivity index (χ1) is 28.1. The molecule has 0 N–H and O–H groups in total. The van der Waals surface area contributed by atoms with Crippen LogP contribution >= 0.6 is 0 Å². The smallest absolute Gasteiger partial charge is 0.143 e. The highest BCUT2D eigenvalue weighted by molar-refractivity contribution is 6.22. The molecule has 0 spiro atoms. The summed E-state index contributed by atoms with van der Waals surface area (Å²) >= 11 is 0. The molecule has 0 saturated heterocycles. The molecule has 9 aromatic carbocycles. The van der Waals surface area contributed by atoms with Gasteiger partial charge in [0.15, 0.2) is 0 Å². The van der Waals surface area contributed by atoms with Crippen molar-refractivity contribution < 1.29 is 8.83 Å². The van der Waals surface area contributed by atoms with Gasteiger partial charge in [0.05, 0.1) is 0 Å². The molecule has 0 unspecified atom stereocenters. The van der Waals surface area contributed by atoms with Crippen molar-refractivity contribution in [3.05, 3.63) is 211 Å². The van der Waals surface area contributed by atoms with Crippen LogP contribution in [0.4, 0.5) is 17.1 Å². The molecule has 0 fully saturated rings. The van der Waals surface area contributed by atoms with Gasteiger partial charge in [-0.1, -0.05) is 121 Å². The molecule has 2 aromatic heterocycles. The average Bonchev–Trinajstić information content (AvgIpc) is 3.93.